The molecule has 8 heteroatoms. The second kappa shape index (κ2) is 11.9. The summed E-state index contributed by atoms with van der Waals surface area (Å²) in [6.07, 6.45) is 0. The van der Waals surface area contributed by atoms with E-state index in [1.807, 2.05) is 84.3 Å². The van der Waals surface area contributed by atoms with E-state index in [-0.39, 0.29) is 18.3 Å². The lowest BCUT2D eigenvalue weighted by Crippen LogP contribution is -2.15. The maximum Gasteiger partial charge on any atom is 0.234 e. The minimum absolute atomic E-state index is 0.120. The molecular formula is C26H26N4O3S. The number of amides is 1. The Balaban J connectivity index is 1.42. The van der Waals surface area contributed by atoms with Gasteiger partial charge in [-0.3, -0.25) is 9.36 Å². The van der Waals surface area contributed by atoms with Crippen LogP contribution < -0.4 is 14.8 Å². The summed E-state index contributed by atoms with van der Waals surface area (Å²) in [4.78, 5) is 12.5. The van der Waals surface area contributed by atoms with Crippen molar-refractivity contribution in [3.8, 4) is 11.5 Å². The van der Waals surface area contributed by atoms with Gasteiger partial charge in [0.1, 0.15) is 18.1 Å². The topological polar surface area (TPSA) is 78.3 Å². The number of rotatable bonds is 11. The van der Waals surface area contributed by atoms with E-state index in [4.69, 9.17) is 9.47 Å². The summed E-state index contributed by atoms with van der Waals surface area (Å²) in [7, 11) is 0. The molecule has 0 saturated carbocycles. The molecule has 0 saturated heterocycles. The number of aromatic nitrogens is 3. The summed E-state index contributed by atoms with van der Waals surface area (Å²) in [6, 6.07) is 27.0. The van der Waals surface area contributed by atoms with Crippen LogP contribution in [0, 0.1) is 0 Å². The van der Waals surface area contributed by atoms with Crippen molar-refractivity contribution in [3.05, 3.63) is 96.3 Å². The van der Waals surface area contributed by atoms with E-state index in [0.29, 0.717) is 24.1 Å². The van der Waals surface area contributed by atoms with Crippen LogP contribution in [0.1, 0.15) is 18.3 Å². The molecule has 0 bridgehead atoms. The molecule has 4 aromatic rings. The molecule has 0 fully saturated rings. The predicted molar refractivity (Wildman–Crippen MR) is 133 cm³/mol. The highest BCUT2D eigenvalue weighted by Crippen LogP contribution is 2.21. The fraction of sp³-hybridized carbons (Fsp3) is 0.192. The van der Waals surface area contributed by atoms with Crippen LogP contribution >= 0.6 is 11.8 Å². The Kier molecular flexibility index (Phi) is 8.18. The van der Waals surface area contributed by atoms with E-state index in [1.54, 1.807) is 0 Å². The zero-order valence-electron chi connectivity index (χ0n) is 18.9. The lowest BCUT2D eigenvalue weighted by molar-refractivity contribution is -0.113. The van der Waals surface area contributed by atoms with Crippen LogP contribution in [0.15, 0.2) is 90.1 Å². The van der Waals surface area contributed by atoms with E-state index in [1.165, 1.54) is 11.8 Å². The Bertz CT molecular complexity index is 1180. The first-order valence-electron chi connectivity index (χ1n) is 11.0. The maximum atomic E-state index is 12.5. The Hall–Kier alpha value is -3.78. The molecule has 1 amide bonds. The predicted octanol–water partition coefficient (Wildman–Crippen LogP) is 5.03. The van der Waals surface area contributed by atoms with Crippen molar-refractivity contribution >= 4 is 23.4 Å². The van der Waals surface area contributed by atoms with Crippen LogP contribution in [-0.4, -0.2) is 33.0 Å². The van der Waals surface area contributed by atoms with Gasteiger partial charge in [0.2, 0.25) is 5.91 Å². The van der Waals surface area contributed by atoms with E-state index >= 15 is 0 Å². The summed E-state index contributed by atoms with van der Waals surface area (Å²) >= 11 is 1.34. The number of nitrogens with zero attached hydrogens (tertiary/aromatic N) is 3. The SMILES string of the molecule is CCOc1ccc(NC(=O)CSc2nnc(COc3ccccc3)n2Cc2ccccc2)cc1. The largest absolute Gasteiger partial charge is 0.494 e. The van der Waals surface area contributed by atoms with Gasteiger partial charge in [-0.2, -0.15) is 0 Å². The lowest BCUT2D eigenvalue weighted by atomic mass is 10.2. The molecule has 4 rings (SSSR count). The highest BCUT2D eigenvalue weighted by molar-refractivity contribution is 7.99. The fourth-order valence-corrected chi connectivity index (χ4v) is 4.01. The fourth-order valence-electron chi connectivity index (χ4n) is 3.25. The van der Waals surface area contributed by atoms with E-state index in [9.17, 15) is 4.79 Å². The number of benzene rings is 3. The molecule has 0 aliphatic carbocycles. The Morgan fingerprint density at radius 2 is 1.56 bits per heavy atom. The summed E-state index contributed by atoms with van der Waals surface area (Å²) in [5, 5.41) is 12.2. The quantitative estimate of drug-likeness (QED) is 0.307. The number of hydrogen-bond acceptors (Lipinski definition) is 6. The Labute approximate surface area is 203 Å². The number of carbonyl (C=O) groups is 1. The number of hydrogen-bond donors (Lipinski definition) is 1. The van der Waals surface area contributed by atoms with E-state index in [0.717, 1.165) is 22.7 Å². The summed E-state index contributed by atoms with van der Waals surface area (Å²) in [5.74, 6) is 2.32. The average Bonchev–Trinajstić information content (AvgIpc) is 3.25. The highest BCUT2D eigenvalue weighted by atomic mass is 32.2. The molecule has 174 valence electrons. The number of thioether (sulfide) groups is 1. The standard InChI is InChI=1S/C26H26N4O3S/c1-2-32-23-15-13-21(14-16-23)27-25(31)19-34-26-29-28-24(18-33-22-11-7-4-8-12-22)30(26)17-20-9-5-3-6-10-20/h3-16H,2,17-19H2,1H3,(H,27,31). The van der Waals surface area contributed by atoms with Gasteiger partial charge in [-0.1, -0.05) is 60.3 Å². The van der Waals surface area contributed by atoms with Gasteiger partial charge in [0.25, 0.3) is 0 Å². The molecule has 34 heavy (non-hydrogen) atoms. The first-order chi connectivity index (χ1) is 16.7. The normalized spacial score (nSPS) is 10.6. The summed E-state index contributed by atoms with van der Waals surface area (Å²) in [5.41, 5.74) is 1.83. The molecule has 0 aliphatic heterocycles. The number of para-hydroxylation sites is 1. The number of anilines is 1. The average molecular weight is 475 g/mol. The van der Waals surface area contributed by atoms with Crippen molar-refractivity contribution in [3.63, 3.8) is 0 Å². The maximum absolute atomic E-state index is 12.5. The second-order valence-electron chi connectivity index (χ2n) is 7.37. The third-order valence-electron chi connectivity index (χ3n) is 4.87. The molecule has 0 spiro atoms. The van der Waals surface area contributed by atoms with Gasteiger partial charge in [0, 0.05) is 5.69 Å². The minimum atomic E-state index is -0.120. The molecule has 0 aliphatic rings. The van der Waals surface area contributed by atoms with Crippen molar-refractivity contribution in [1.82, 2.24) is 14.8 Å². The number of nitrogens with one attached hydrogen (secondary N) is 1. The van der Waals surface area contributed by atoms with Crippen molar-refractivity contribution in [2.45, 2.75) is 25.2 Å². The van der Waals surface area contributed by atoms with Gasteiger partial charge in [-0.15, -0.1) is 10.2 Å². The first-order valence-corrected chi connectivity index (χ1v) is 12.0. The van der Waals surface area contributed by atoms with Gasteiger partial charge in [0.05, 0.1) is 18.9 Å². The van der Waals surface area contributed by atoms with Crippen molar-refractivity contribution in [1.29, 1.82) is 0 Å². The van der Waals surface area contributed by atoms with Gasteiger partial charge in [-0.05, 0) is 48.9 Å². The smallest absolute Gasteiger partial charge is 0.234 e. The van der Waals surface area contributed by atoms with Crippen LogP contribution in [0.5, 0.6) is 11.5 Å². The Morgan fingerprint density at radius 1 is 0.882 bits per heavy atom. The van der Waals surface area contributed by atoms with Crippen molar-refractivity contribution in [2.24, 2.45) is 0 Å². The third-order valence-corrected chi connectivity index (χ3v) is 5.84. The summed E-state index contributed by atoms with van der Waals surface area (Å²) in [6.45, 7) is 3.40. The molecule has 1 heterocycles. The van der Waals surface area contributed by atoms with Crippen molar-refractivity contribution in [2.75, 3.05) is 17.7 Å². The minimum Gasteiger partial charge on any atom is -0.494 e. The molecule has 0 unspecified atom stereocenters. The molecule has 1 N–H and O–H groups in total. The van der Waals surface area contributed by atoms with Gasteiger partial charge >= 0.3 is 0 Å². The van der Waals surface area contributed by atoms with Crippen molar-refractivity contribution < 1.29 is 14.3 Å². The summed E-state index contributed by atoms with van der Waals surface area (Å²) < 4.78 is 13.3. The van der Waals surface area contributed by atoms with Crippen LogP contribution in [-0.2, 0) is 17.9 Å². The molecule has 7 nitrogen and oxygen atoms in total. The zero-order chi connectivity index (χ0) is 23.6. The van der Waals surface area contributed by atoms with Gasteiger partial charge < -0.3 is 14.8 Å². The molecule has 0 atom stereocenters. The monoisotopic (exact) mass is 474 g/mol. The van der Waals surface area contributed by atoms with E-state index < -0.39 is 0 Å². The van der Waals surface area contributed by atoms with E-state index in [2.05, 4.69) is 27.6 Å². The van der Waals surface area contributed by atoms with Gasteiger partial charge in [0.15, 0.2) is 11.0 Å². The first kappa shape index (κ1) is 23.4. The molecule has 0 radical (unpaired) electrons. The van der Waals surface area contributed by atoms with Gasteiger partial charge in [-0.25, -0.2) is 0 Å². The van der Waals surface area contributed by atoms with Crippen LogP contribution in [0.4, 0.5) is 5.69 Å². The zero-order valence-corrected chi connectivity index (χ0v) is 19.7. The number of ether oxygens (including phenoxy) is 2. The van der Waals surface area contributed by atoms with Crippen LogP contribution in [0.25, 0.3) is 0 Å². The van der Waals surface area contributed by atoms with Crippen LogP contribution in [0.2, 0.25) is 0 Å². The molecule has 3 aromatic carbocycles. The third kappa shape index (κ3) is 6.62. The molecule has 1 aromatic heterocycles. The second-order valence-corrected chi connectivity index (χ2v) is 8.31. The highest BCUT2D eigenvalue weighted by Gasteiger charge is 2.15. The molecular weight excluding hydrogens is 448 g/mol. The van der Waals surface area contributed by atoms with Crippen LogP contribution in [0.3, 0.4) is 0 Å². The Morgan fingerprint density at radius 3 is 2.26 bits per heavy atom. The number of carbonyl (C=O) groups excluding carboxylic acids is 1. The lowest BCUT2D eigenvalue weighted by Gasteiger charge is -2.11.